The van der Waals surface area contributed by atoms with Crippen molar-refractivity contribution >= 4 is 15.9 Å². The topological polar surface area (TPSA) is 98.3 Å². The fourth-order valence-corrected chi connectivity index (χ4v) is 6.01. The van der Waals surface area contributed by atoms with Crippen molar-refractivity contribution in [1.82, 2.24) is 13.9 Å². The van der Waals surface area contributed by atoms with Gasteiger partial charge in [0, 0.05) is 31.9 Å². The van der Waals surface area contributed by atoms with Crippen LogP contribution in [0.2, 0.25) is 0 Å². The van der Waals surface area contributed by atoms with Crippen LogP contribution in [0.4, 0.5) is 0 Å². The molecule has 1 aromatic heterocycles. The van der Waals surface area contributed by atoms with Crippen LogP contribution >= 0.6 is 0 Å². The molecule has 1 aromatic carbocycles. The molecule has 1 aliphatic carbocycles. The van der Waals surface area contributed by atoms with Gasteiger partial charge >= 0.3 is 0 Å². The van der Waals surface area contributed by atoms with Crippen molar-refractivity contribution in [2.75, 3.05) is 13.1 Å². The van der Waals surface area contributed by atoms with E-state index in [2.05, 4.69) is 4.98 Å². The molecule has 3 unspecified atom stereocenters. The molecule has 2 heterocycles. The lowest BCUT2D eigenvalue weighted by Gasteiger charge is -2.22. The number of primary amides is 1. The molecule has 2 N–H and O–H groups in total. The molecular weight excluding hydrogens is 352 g/mol. The molecule has 1 saturated heterocycles. The quantitative estimate of drug-likeness (QED) is 0.873. The first-order valence-corrected chi connectivity index (χ1v) is 10.2. The molecule has 1 saturated carbocycles. The molecule has 2 aliphatic rings. The van der Waals surface area contributed by atoms with Crippen LogP contribution in [0, 0.1) is 11.8 Å². The number of hydrogen-bond donors (Lipinski definition) is 1. The van der Waals surface area contributed by atoms with Crippen LogP contribution in [0.15, 0.2) is 41.8 Å². The van der Waals surface area contributed by atoms with Gasteiger partial charge in [-0.05, 0) is 42.2 Å². The maximum Gasteiger partial charge on any atom is 0.262 e. The SMILES string of the molecule is Cn1cnc(S(=O)(=O)N2CC3CCC(c4ccccc4C(N)=O)C3C2)c1. The standard InChI is InChI=1S/C18H22N4O3S/c1-21-10-17(20-11-21)26(24,25)22-8-12-6-7-14(16(12)9-22)13-4-2-3-5-15(13)18(19)23/h2-5,10-12,14,16H,6-9H2,1H3,(H2,19,23). The maximum absolute atomic E-state index is 12.9. The predicted molar refractivity (Wildman–Crippen MR) is 95.9 cm³/mol. The Morgan fingerprint density at radius 3 is 2.69 bits per heavy atom. The van der Waals surface area contributed by atoms with Crippen molar-refractivity contribution in [2.24, 2.45) is 24.6 Å². The Bertz CT molecular complexity index is 953. The highest BCUT2D eigenvalue weighted by Gasteiger charge is 2.47. The Balaban J connectivity index is 1.61. The minimum absolute atomic E-state index is 0.0917. The van der Waals surface area contributed by atoms with Crippen molar-refractivity contribution in [3.8, 4) is 0 Å². The molecule has 0 bridgehead atoms. The third kappa shape index (κ3) is 2.73. The number of aryl methyl sites for hydroxylation is 1. The summed E-state index contributed by atoms with van der Waals surface area (Å²) in [5, 5.41) is 0.0917. The van der Waals surface area contributed by atoms with E-state index in [0.29, 0.717) is 24.6 Å². The molecule has 0 spiro atoms. The van der Waals surface area contributed by atoms with E-state index in [0.717, 1.165) is 18.4 Å². The second-order valence-corrected chi connectivity index (χ2v) is 9.14. The van der Waals surface area contributed by atoms with E-state index in [1.807, 2.05) is 18.2 Å². The van der Waals surface area contributed by atoms with Crippen molar-refractivity contribution in [2.45, 2.75) is 23.8 Å². The summed E-state index contributed by atoms with van der Waals surface area (Å²) in [5.41, 5.74) is 7.03. The molecule has 1 aliphatic heterocycles. The zero-order valence-electron chi connectivity index (χ0n) is 14.6. The summed E-state index contributed by atoms with van der Waals surface area (Å²) in [7, 11) is -1.83. The molecule has 3 atom stereocenters. The minimum atomic E-state index is -3.58. The van der Waals surface area contributed by atoms with Gasteiger partial charge in [0.2, 0.25) is 5.91 Å². The molecule has 4 rings (SSSR count). The summed E-state index contributed by atoms with van der Waals surface area (Å²) in [6.07, 6.45) is 4.94. The first kappa shape index (κ1) is 17.2. The third-order valence-electron chi connectivity index (χ3n) is 5.73. The van der Waals surface area contributed by atoms with Crippen LogP contribution in [-0.4, -0.2) is 41.3 Å². The predicted octanol–water partition coefficient (Wildman–Crippen LogP) is 1.33. The first-order valence-electron chi connectivity index (χ1n) is 8.75. The monoisotopic (exact) mass is 374 g/mol. The fourth-order valence-electron chi connectivity index (χ4n) is 4.51. The molecule has 7 nitrogen and oxygen atoms in total. The molecule has 26 heavy (non-hydrogen) atoms. The lowest BCUT2D eigenvalue weighted by atomic mass is 9.84. The van der Waals surface area contributed by atoms with Crippen LogP contribution < -0.4 is 5.73 Å². The van der Waals surface area contributed by atoms with Gasteiger partial charge in [-0.2, -0.15) is 4.31 Å². The number of fused-ring (bicyclic) bond motifs is 1. The average molecular weight is 374 g/mol. The summed E-state index contributed by atoms with van der Waals surface area (Å²) >= 11 is 0. The van der Waals surface area contributed by atoms with Gasteiger partial charge in [0.1, 0.15) is 0 Å². The number of hydrogen-bond acceptors (Lipinski definition) is 4. The fraction of sp³-hybridized carbons (Fsp3) is 0.444. The van der Waals surface area contributed by atoms with E-state index in [1.165, 1.54) is 12.5 Å². The smallest absolute Gasteiger partial charge is 0.262 e. The van der Waals surface area contributed by atoms with Gasteiger partial charge in [0.05, 0.1) is 6.33 Å². The van der Waals surface area contributed by atoms with E-state index in [-0.39, 0.29) is 16.9 Å². The van der Waals surface area contributed by atoms with Crippen LogP contribution in [0.1, 0.15) is 34.7 Å². The zero-order valence-corrected chi connectivity index (χ0v) is 15.4. The zero-order chi connectivity index (χ0) is 18.5. The number of imidazole rings is 1. The number of aromatic nitrogens is 2. The molecular formula is C18H22N4O3S. The highest BCUT2D eigenvalue weighted by Crippen LogP contribution is 2.49. The Morgan fingerprint density at radius 2 is 2.00 bits per heavy atom. The number of carbonyl (C=O) groups is 1. The average Bonchev–Trinajstić information content (AvgIpc) is 3.30. The minimum Gasteiger partial charge on any atom is -0.366 e. The highest BCUT2D eigenvalue weighted by molar-refractivity contribution is 7.89. The van der Waals surface area contributed by atoms with Crippen LogP contribution in [-0.2, 0) is 17.1 Å². The normalized spacial score (nSPS) is 26.1. The van der Waals surface area contributed by atoms with E-state index in [9.17, 15) is 13.2 Å². The van der Waals surface area contributed by atoms with E-state index < -0.39 is 15.9 Å². The molecule has 138 valence electrons. The van der Waals surface area contributed by atoms with Gasteiger partial charge in [-0.1, -0.05) is 18.2 Å². The Labute approximate surface area is 152 Å². The number of nitrogens with two attached hydrogens (primary N) is 1. The third-order valence-corrected chi connectivity index (χ3v) is 7.45. The highest BCUT2D eigenvalue weighted by atomic mass is 32.2. The molecule has 8 heteroatoms. The summed E-state index contributed by atoms with van der Waals surface area (Å²) in [5.74, 6) is 0.237. The van der Waals surface area contributed by atoms with Crippen molar-refractivity contribution in [3.63, 3.8) is 0 Å². The second kappa shape index (κ2) is 6.21. The maximum atomic E-state index is 12.9. The van der Waals surface area contributed by atoms with Crippen LogP contribution in [0.5, 0.6) is 0 Å². The number of amides is 1. The number of sulfonamides is 1. The van der Waals surface area contributed by atoms with Crippen LogP contribution in [0.25, 0.3) is 0 Å². The van der Waals surface area contributed by atoms with Crippen molar-refractivity contribution < 1.29 is 13.2 Å². The first-order chi connectivity index (χ1) is 12.4. The van der Waals surface area contributed by atoms with Gasteiger partial charge in [0.15, 0.2) is 5.03 Å². The number of rotatable bonds is 4. The number of benzene rings is 1. The summed E-state index contributed by atoms with van der Waals surface area (Å²) in [6.45, 7) is 0.972. The Kier molecular flexibility index (Phi) is 4.11. The van der Waals surface area contributed by atoms with Crippen LogP contribution in [0.3, 0.4) is 0 Å². The lowest BCUT2D eigenvalue weighted by Crippen LogP contribution is -2.30. The van der Waals surface area contributed by atoms with E-state index in [4.69, 9.17) is 5.73 Å². The van der Waals surface area contributed by atoms with Crippen molar-refractivity contribution in [1.29, 1.82) is 0 Å². The number of carbonyl (C=O) groups excluding carboxylic acids is 1. The Hall–Kier alpha value is -2.19. The van der Waals surface area contributed by atoms with Gasteiger partial charge in [-0.25, -0.2) is 13.4 Å². The lowest BCUT2D eigenvalue weighted by molar-refractivity contribution is 0.0998. The molecule has 0 radical (unpaired) electrons. The largest absolute Gasteiger partial charge is 0.366 e. The molecule has 2 aromatic rings. The summed E-state index contributed by atoms with van der Waals surface area (Å²) in [6, 6.07) is 7.42. The number of nitrogens with zero attached hydrogens (tertiary/aromatic N) is 3. The van der Waals surface area contributed by atoms with Gasteiger partial charge in [-0.3, -0.25) is 4.79 Å². The van der Waals surface area contributed by atoms with Crippen molar-refractivity contribution in [3.05, 3.63) is 47.9 Å². The summed E-state index contributed by atoms with van der Waals surface area (Å²) < 4.78 is 28.9. The molecule has 2 fully saturated rings. The van der Waals surface area contributed by atoms with Gasteiger partial charge < -0.3 is 10.3 Å². The van der Waals surface area contributed by atoms with Gasteiger partial charge in [-0.15, -0.1) is 0 Å². The van der Waals surface area contributed by atoms with E-state index in [1.54, 1.807) is 22.0 Å². The van der Waals surface area contributed by atoms with E-state index >= 15 is 0 Å². The summed E-state index contributed by atoms with van der Waals surface area (Å²) in [4.78, 5) is 15.8. The van der Waals surface area contributed by atoms with Gasteiger partial charge in [0.25, 0.3) is 10.0 Å². The molecule has 1 amide bonds. The second-order valence-electron chi connectivity index (χ2n) is 7.26. The Morgan fingerprint density at radius 1 is 1.23 bits per heavy atom.